The van der Waals surface area contributed by atoms with Gasteiger partial charge < -0.3 is 24.3 Å². The Bertz CT molecular complexity index is 1700. The summed E-state index contributed by atoms with van der Waals surface area (Å²) in [5, 5.41) is 4.16. The Labute approximate surface area is 205 Å². The number of anilines is 2. The zero-order valence-corrected chi connectivity index (χ0v) is 19.9. The molecule has 1 aliphatic rings. The molecule has 0 saturated carbocycles. The highest BCUT2D eigenvalue weighted by molar-refractivity contribution is 5.96. The minimum atomic E-state index is -0.120. The van der Waals surface area contributed by atoms with Crippen molar-refractivity contribution in [1.29, 1.82) is 0 Å². The monoisotopic (exact) mass is 484 g/mol. The van der Waals surface area contributed by atoms with Crippen LogP contribution in [0.3, 0.4) is 0 Å². The Hall–Kier alpha value is -4.44. The van der Waals surface area contributed by atoms with Gasteiger partial charge in [0.2, 0.25) is 5.95 Å². The molecule has 0 atom stereocenters. The summed E-state index contributed by atoms with van der Waals surface area (Å²) in [5.41, 5.74) is 3.68. The molecule has 5 aromatic rings. The number of methoxy groups -OCH3 is 1. The summed E-state index contributed by atoms with van der Waals surface area (Å²) in [4.78, 5) is 36.9. The first kappa shape index (κ1) is 22.1. The fourth-order valence-corrected chi connectivity index (χ4v) is 4.65. The van der Waals surface area contributed by atoms with Crippen LogP contribution in [-0.4, -0.2) is 63.2 Å². The maximum absolute atomic E-state index is 13.0. The summed E-state index contributed by atoms with van der Waals surface area (Å²) < 4.78 is 14.3. The minimum Gasteiger partial charge on any atom is -0.495 e. The van der Waals surface area contributed by atoms with Gasteiger partial charge in [-0.05, 0) is 30.3 Å². The molecule has 3 aromatic heterocycles. The van der Waals surface area contributed by atoms with Gasteiger partial charge in [-0.25, -0.2) is 4.98 Å². The van der Waals surface area contributed by atoms with Crippen LogP contribution in [0, 0.1) is 0 Å². The summed E-state index contributed by atoms with van der Waals surface area (Å²) in [6, 6.07) is 14.9. The van der Waals surface area contributed by atoms with Gasteiger partial charge in [0.1, 0.15) is 16.8 Å². The molecule has 1 N–H and O–H groups in total. The van der Waals surface area contributed by atoms with E-state index in [1.165, 1.54) is 0 Å². The largest absolute Gasteiger partial charge is 0.495 e. The minimum absolute atomic E-state index is 0.0621. The highest BCUT2D eigenvalue weighted by Gasteiger charge is 2.20. The van der Waals surface area contributed by atoms with Crippen molar-refractivity contribution in [3.8, 4) is 5.75 Å². The van der Waals surface area contributed by atoms with Gasteiger partial charge in [-0.2, -0.15) is 4.98 Å². The standard InChI is InChI=1S/C26H24N6O4/c1-30-21-15-27-26(29-23(21)32-19-6-4-3-5-16(19)13-20(32)25(30)34)28-18-8-7-17(14-22(18)35-2)24(33)31-9-11-36-12-10-31/h3-8,13-15H,9-12H2,1-2H3,(H,27,28,29). The Kier molecular flexibility index (Phi) is 5.30. The summed E-state index contributed by atoms with van der Waals surface area (Å²) in [6.45, 7) is 2.21. The molecule has 0 spiro atoms. The molecule has 0 unspecified atom stereocenters. The molecule has 6 rings (SSSR count). The van der Waals surface area contributed by atoms with E-state index in [-0.39, 0.29) is 11.5 Å². The third kappa shape index (κ3) is 3.54. The molecule has 0 radical (unpaired) electrons. The van der Waals surface area contributed by atoms with Crippen molar-refractivity contribution in [2.45, 2.75) is 0 Å². The number of carbonyl (C=O) groups is 1. The highest BCUT2D eigenvalue weighted by atomic mass is 16.5. The van der Waals surface area contributed by atoms with Crippen molar-refractivity contribution in [3.63, 3.8) is 0 Å². The Morgan fingerprint density at radius 3 is 2.67 bits per heavy atom. The summed E-state index contributed by atoms with van der Waals surface area (Å²) in [6.07, 6.45) is 1.63. The molecule has 0 bridgehead atoms. The average Bonchev–Trinajstić information content (AvgIpc) is 3.32. The highest BCUT2D eigenvalue weighted by Crippen LogP contribution is 2.29. The third-order valence-corrected chi connectivity index (χ3v) is 6.55. The lowest BCUT2D eigenvalue weighted by molar-refractivity contribution is 0.0302. The Morgan fingerprint density at radius 2 is 1.86 bits per heavy atom. The van der Waals surface area contributed by atoms with Crippen molar-refractivity contribution in [1.82, 2.24) is 23.8 Å². The second-order valence-electron chi connectivity index (χ2n) is 8.64. The van der Waals surface area contributed by atoms with Crippen molar-refractivity contribution >= 4 is 45.1 Å². The number of benzene rings is 2. The number of para-hydroxylation sites is 1. The molecule has 0 aliphatic carbocycles. The normalized spacial score (nSPS) is 14.0. The molecule has 10 nitrogen and oxygen atoms in total. The summed E-state index contributed by atoms with van der Waals surface area (Å²) in [5.74, 6) is 0.772. The number of nitrogens with one attached hydrogen (secondary N) is 1. The molecule has 4 heterocycles. The van der Waals surface area contributed by atoms with Gasteiger partial charge in [-0.15, -0.1) is 0 Å². The number of nitrogens with zero attached hydrogens (tertiary/aromatic N) is 5. The van der Waals surface area contributed by atoms with Crippen LogP contribution in [0.15, 0.2) is 59.5 Å². The van der Waals surface area contributed by atoms with E-state index in [0.29, 0.717) is 65.9 Å². The number of aromatic nitrogens is 4. The molecule has 2 aromatic carbocycles. The predicted octanol–water partition coefficient (Wildman–Crippen LogP) is 2.96. The van der Waals surface area contributed by atoms with Crippen molar-refractivity contribution in [3.05, 3.63) is 70.6 Å². The lowest BCUT2D eigenvalue weighted by Crippen LogP contribution is -2.40. The first-order valence-electron chi connectivity index (χ1n) is 11.6. The lowest BCUT2D eigenvalue weighted by atomic mass is 10.1. The summed E-state index contributed by atoms with van der Waals surface area (Å²) >= 11 is 0. The molecule has 182 valence electrons. The topological polar surface area (TPSA) is 103 Å². The quantitative estimate of drug-likeness (QED) is 0.418. The summed E-state index contributed by atoms with van der Waals surface area (Å²) in [7, 11) is 3.27. The fourth-order valence-electron chi connectivity index (χ4n) is 4.65. The van der Waals surface area contributed by atoms with Gasteiger partial charge >= 0.3 is 0 Å². The van der Waals surface area contributed by atoms with Crippen molar-refractivity contribution in [2.75, 3.05) is 38.7 Å². The van der Waals surface area contributed by atoms with E-state index in [1.54, 1.807) is 48.0 Å². The van der Waals surface area contributed by atoms with E-state index in [0.717, 1.165) is 10.9 Å². The number of hydrogen-bond donors (Lipinski definition) is 1. The van der Waals surface area contributed by atoms with Crippen LogP contribution in [0.5, 0.6) is 5.75 Å². The third-order valence-electron chi connectivity index (χ3n) is 6.55. The van der Waals surface area contributed by atoms with Crippen LogP contribution in [0.25, 0.3) is 27.6 Å². The predicted molar refractivity (Wildman–Crippen MR) is 136 cm³/mol. The maximum atomic E-state index is 13.0. The second-order valence-corrected chi connectivity index (χ2v) is 8.64. The molecule has 1 aliphatic heterocycles. The SMILES string of the molecule is COc1cc(C(=O)N2CCOCC2)ccc1Nc1ncc2c(n1)n1c(cc3ccccc31)c(=O)n2C. The smallest absolute Gasteiger partial charge is 0.275 e. The number of carbonyl (C=O) groups excluding carboxylic acids is 1. The molecule has 1 amide bonds. The van der Waals surface area contributed by atoms with Gasteiger partial charge in [0.25, 0.3) is 11.5 Å². The van der Waals surface area contributed by atoms with E-state index in [1.807, 2.05) is 34.7 Å². The van der Waals surface area contributed by atoms with Crippen molar-refractivity contribution in [2.24, 2.45) is 7.05 Å². The van der Waals surface area contributed by atoms with Gasteiger partial charge in [-0.1, -0.05) is 18.2 Å². The number of rotatable bonds is 4. The van der Waals surface area contributed by atoms with E-state index >= 15 is 0 Å². The lowest BCUT2D eigenvalue weighted by Gasteiger charge is -2.27. The number of ether oxygens (including phenoxy) is 2. The molecule has 10 heteroatoms. The van der Waals surface area contributed by atoms with Crippen LogP contribution in [0.2, 0.25) is 0 Å². The maximum Gasteiger partial charge on any atom is 0.275 e. The number of aryl methyl sites for hydroxylation is 1. The molecular weight excluding hydrogens is 460 g/mol. The zero-order chi connectivity index (χ0) is 24.8. The van der Waals surface area contributed by atoms with Crippen LogP contribution >= 0.6 is 0 Å². The zero-order valence-electron chi connectivity index (χ0n) is 19.9. The van der Waals surface area contributed by atoms with Crippen LogP contribution < -0.4 is 15.6 Å². The van der Waals surface area contributed by atoms with Gasteiger partial charge in [0, 0.05) is 31.1 Å². The van der Waals surface area contributed by atoms with Gasteiger partial charge in [0.15, 0.2) is 5.65 Å². The van der Waals surface area contributed by atoms with E-state index in [4.69, 9.17) is 14.5 Å². The number of morpholine rings is 1. The molecule has 36 heavy (non-hydrogen) atoms. The second kappa shape index (κ2) is 8.65. The molecular formula is C26H24N6O4. The first-order chi connectivity index (χ1) is 17.5. The van der Waals surface area contributed by atoms with E-state index in [9.17, 15) is 9.59 Å². The van der Waals surface area contributed by atoms with Gasteiger partial charge in [0.05, 0.1) is 37.7 Å². The number of amides is 1. The molecule has 1 saturated heterocycles. The van der Waals surface area contributed by atoms with E-state index in [2.05, 4.69) is 10.3 Å². The average molecular weight is 485 g/mol. The number of fused-ring (bicyclic) bond motifs is 5. The molecule has 1 fully saturated rings. The van der Waals surface area contributed by atoms with Crippen LogP contribution in [-0.2, 0) is 11.8 Å². The Balaban J connectivity index is 1.41. The number of hydrogen-bond acceptors (Lipinski definition) is 7. The van der Waals surface area contributed by atoms with Gasteiger partial charge in [-0.3, -0.25) is 14.0 Å². The van der Waals surface area contributed by atoms with Crippen molar-refractivity contribution < 1.29 is 14.3 Å². The Morgan fingerprint density at radius 1 is 1.06 bits per heavy atom. The fraction of sp³-hybridized carbons (Fsp3) is 0.231. The van der Waals surface area contributed by atoms with E-state index < -0.39 is 0 Å². The van der Waals surface area contributed by atoms with Crippen LogP contribution in [0.4, 0.5) is 11.6 Å². The van der Waals surface area contributed by atoms with Crippen LogP contribution in [0.1, 0.15) is 10.4 Å². The first-order valence-corrected chi connectivity index (χ1v) is 11.6.